The lowest BCUT2D eigenvalue weighted by atomic mass is 10.0. The quantitative estimate of drug-likeness (QED) is 0.789. The first-order valence-electron chi connectivity index (χ1n) is 8.78. The van der Waals surface area contributed by atoms with Crippen LogP contribution in [0.15, 0.2) is 24.3 Å². The van der Waals surface area contributed by atoms with Crippen LogP contribution in [0.25, 0.3) is 0 Å². The number of nitrogens with zero attached hydrogens (tertiary/aromatic N) is 1. The van der Waals surface area contributed by atoms with Gasteiger partial charge >= 0.3 is 0 Å². The predicted octanol–water partition coefficient (Wildman–Crippen LogP) is 1.82. The van der Waals surface area contributed by atoms with Crippen molar-refractivity contribution in [2.45, 2.75) is 58.0 Å². The molecule has 1 aromatic carbocycles. The van der Waals surface area contributed by atoms with Crippen LogP contribution >= 0.6 is 0 Å². The summed E-state index contributed by atoms with van der Waals surface area (Å²) in [4.78, 5) is 37.4. The van der Waals surface area contributed by atoms with E-state index in [4.69, 9.17) is 5.73 Å². The summed E-state index contributed by atoms with van der Waals surface area (Å²) in [7, 11) is 0. The Balaban J connectivity index is 2.16. The molecule has 6 nitrogen and oxygen atoms in total. The molecule has 3 amide bonds. The zero-order chi connectivity index (χ0) is 18.4. The van der Waals surface area contributed by atoms with Gasteiger partial charge in [-0.3, -0.25) is 14.4 Å². The van der Waals surface area contributed by atoms with Gasteiger partial charge in [0.15, 0.2) is 0 Å². The molecule has 1 aliphatic carbocycles. The second kappa shape index (κ2) is 8.65. The van der Waals surface area contributed by atoms with Crippen LogP contribution in [0.2, 0.25) is 0 Å². The van der Waals surface area contributed by atoms with Crippen LogP contribution in [0, 0.1) is 6.92 Å². The fourth-order valence-corrected chi connectivity index (χ4v) is 3.39. The molecule has 0 aromatic heterocycles. The molecular weight excluding hydrogens is 318 g/mol. The van der Waals surface area contributed by atoms with Gasteiger partial charge in [-0.1, -0.05) is 42.7 Å². The molecule has 2 rings (SSSR count). The number of carbonyl (C=O) groups is 3. The van der Waals surface area contributed by atoms with Gasteiger partial charge in [0.25, 0.3) is 0 Å². The van der Waals surface area contributed by atoms with E-state index in [2.05, 4.69) is 5.32 Å². The molecule has 0 spiro atoms. The molecule has 0 aliphatic heterocycles. The molecule has 25 heavy (non-hydrogen) atoms. The van der Waals surface area contributed by atoms with Crippen molar-refractivity contribution in [3.8, 4) is 0 Å². The molecule has 1 aliphatic rings. The summed E-state index contributed by atoms with van der Waals surface area (Å²) >= 11 is 0. The van der Waals surface area contributed by atoms with Crippen molar-refractivity contribution in [2.24, 2.45) is 5.73 Å². The first-order valence-corrected chi connectivity index (χ1v) is 8.78. The SMILES string of the molecule is CC(=O)NC(CC(=O)N(CC(N)=O)C1CCCC1)c1ccc(C)cc1. The van der Waals surface area contributed by atoms with Crippen molar-refractivity contribution in [2.75, 3.05) is 6.54 Å². The summed E-state index contributed by atoms with van der Waals surface area (Å²) < 4.78 is 0. The second-order valence-corrected chi connectivity index (χ2v) is 6.79. The number of nitrogens with two attached hydrogens (primary N) is 1. The van der Waals surface area contributed by atoms with Gasteiger partial charge in [-0.15, -0.1) is 0 Å². The predicted molar refractivity (Wildman–Crippen MR) is 95.5 cm³/mol. The van der Waals surface area contributed by atoms with Crippen molar-refractivity contribution in [1.82, 2.24) is 10.2 Å². The normalized spacial score (nSPS) is 15.6. The van der Waals surface area contributed by atoms with E-state index in [0.717, 1.165) is 36.8 Å². The third kappa shape index (κ3) is 5.59. The standard InChI is InChI=1S/C19H27N3O3/c1-13-7-9-15(10-8-13)17(21-14(2)23)11-19(25)22(12-18(20)24)16-5-3-4-6-16/h7-10,16-17H,3-6,11-12H2,1-2H3,(H2,20,24)(H,21,23). The van der Waals surface area contributed by atoms with E-state index in [0.29, 0.717) is 0 Å². The van der Waals surface area contributed by atoms with E-state index in [1.54, 1.807) is 4.90 Å². The van der Waals surface area contributed by atoms with Crippen molar-refractivity contribution in [3.05, 3.63) is 35.4 Å². The first-order chi connectivity index (χ1) is 11.9. The molecule has 1 saturated carbocycles. The van der Waals surface area contributed by atoms with E-state index in [9.17, 15) is 14.4 Å². The minimum atomic E-state index is -0.508. The lowest BCUT2D eigenvalue weighted by Gasteiger charge is -2.30. The number of hydrogen-bond donors (Lipinski definition) is 2. The minimum absolute atomic E-state index is 0.0653. The van der Waals surface area contributed by atoms with Crippen LogP contribution in [0.1, 0.15) is 56.2 Å². The third-order valence-corrected chi connectivity index (χ3v) is 4.65. The van der Waals surface area contributed by atoms with E-state index in [1.807, 2.05) is 31.2 Å². The molecule has 0 radical (unpaired) electrons. The lowest BCUT2D eigenvalue weighted by molar-refractivity contribution is -0.138. The Labute approximate surface area is 148 Å². The Hall–Kier alpha value is -2.37. The van der Waals surface area contributed by atoms with E-state index in [-0.39, 0.29) is 30.8 Å². The van der Waals surface area contributed by atoms with Crippen LogP contribution in [-0.2, 0) is 14.4 Å². The Kier molecular flexibility index (Phi) is 6.56. The largest absolute Gasteiger partial charge is 0.368 e. The smallest absolute Gasteiger partial charge is 0.237 e. The topological polar surface area (TPSA) is 92.5 Å². The molecule has 1 aromatic rings. The number of carbonyl (C=O) groups excluding carboxylic acids is 3. The van der Waals surface area contributed by atoms with Gasteiger partial charge < -0.3 is 16.0 Å². The summed E-state index contributed by atoms with van der Waals surface area (Å²) in [5.41, 5.74) is 7.32. The summed E-state index contributed by atoms with van der Waals surface area (Å²) in [5.74, 6) is -0.850. The molecule has 0 heterocycles. The highest BCUT2D eigenvalue weighted by molar-refractivity contribution is 5.85. The molecule has 0 saturated heterocycles. The van der Waals surface area contributed by atoms with Crippen molar-refractivity contribution in [1.29, 1.82) is 0 Å². The third-order valence-electron chi connectivity index (χ3n) is 4.65. The molecule has 1 atom stereocenters. The number of primary amides is 1. The molecule has 1 unspecified atom stereocenters. The van der Waals surface area contributed by atoms with Crippen LogP contribution in [0.4, 0.5) is 0 Å². The zero-order valence-corrected chi connectivity index (χ0v) is 15.0. The number of benzene rings is 1. The number of aryl methyl sites for hydroxylation is 1. The van der Waals surface area contributed by atoms with Gasteiger partial charge in [0, 0.05) is 13.0 Å². The van der Waals surface area contributed by atoms with Crippen LogP contribution in [0.5, 0.6) is 0 Å². The number of nitrogens with one attached hydrogen (secondary N) is 1. The fourth-order valence-electron chi connectivity index (χ4n) is 3.39. The average Bonchev–Trinajstić information content (AvgIpc) is 3.06. The average molecular weight is 345 g/mol. The van der Waals surface area contributed by atoms with Crippen molar-refractivity contribution in [3.63, 3.8) is 0 Å². The molecular formula is C19H27N3O3. The van der Waals surface area contributed by atoms with Gasteiger partial charge in [0.1, 0.15) is 0 Å². The maximum atomic E-state index is 12.9. The number of amides is 3. The molecule has 0 bridgehead atoms. The zero-order valence-electron chi connectivity index (χ0n) is 15.0. The lowest BCUT2D eigenvalue weighted by Crippen LogP contribution is -2.45. The Morgan fingerprint density at radius 1 is 1.20 bits per heavy atom. The van der Waals surface area contributed by atoms with Gasteiger partial charge in [-0.2, -0.15) is 0 Å². The van der Waals surface area contributed by atoms with Crippen LogP contribution in [-0.4, -0.2) is 35.2 Å². The molecule has 136 valence electrons. The minimum Gasteiger partial charge on any atom is -0.368 e. The molecule has 3 N–H and O–H groups in total. The Morgan fingerprint density at radius 2 is 1.80 bits per heavy atom. The summed E-state index contributed by atoms with van der Waals surface area (Å²) in [5, 5.41) is 2.84. The highest BCUT2D eigenvalue weighted by Crippen LogP contribution is 2.26. The van der Waals surface area contributed by atoms with Crippen molar-refractivity contribution >= 4 is 17.7 Å². The van der Waals surface area contributed by atoms with Crippen LogP contribution < -0.4 is 11.1 Å². The highest BCUT2D eigenvalue weighted by Gasteiger charge is 2.29. The molecule has 6 heteroatoms. The maximum Gasteiger partial charge on any atom is 0.237 e. The van der Waals surface area contributed by atoms with E-state index < -0.39 is 11.9 Å². The molecule has 1 fully saturated rings. The van der Waals surface area contributed by atoms with E-state index in [1.165, 1.54) is 6.92 Å². The van der Waals surface area contributed by atoms with Crippen molar-refractivity contribution < 1.29 is 14.4 Å². The monoisotopic (exact) mass is 345 g/mol. The Morgan fingerprint density at radius 3 is 2.32 bits per heavy atom. The number of rotatable bonds is 7. The summed E-state index contributed by atoms with van der Waals surface area (Å²) in [6, 6.07) is 7.38. The maximum absolute atomic E-state index is 12.9. The van der Waals surface area contributed by atoms with Gasteiger partial charge in [-0.05, 0) is 25.3 Å². The van der Waals surface area contributed by atoms with Gasteiger partial charge in [0.2, 0.25) is 17.7 Å². The van der Waals surface area contributed by atoms with Gasteiger partial charge in [0.05, 0.1) is 19.0 Å². The van der Waals surface area contributed by atoms with Crippen LogP contribution in [0.3, 0.4) is 0 Å². The second-order valence-electron chi connectivity index (χ2n) is 6.79. The van der Waals surface area contributed by atoms with E-state index >= 15 is 0 Å². The highest BCUT2D eigenvalue weighted by atomic mass is 16.2. The Bertz CT molecular complexity index is 621. The number of hydrogen-bond acceptors (Lipinski definition) is 3. The first kappa shape index (κ1) is 19.0. The summed E-state index contributed by atoms with van der Waals surface area (Å²) in [6.45, 7) is 3.35. The fraction of sp³-hybridized carbons (Fsp3) is 0.526. The van der Waals surface area contributed by atoms with Gasteiger partial charge in [-0.25, -0.2) is 0 Å². The summed E-state index contributed by atoms with van der Waals surface area (Å²) in [6.07, 6.45) is 4.02.